The van der Waals surface area contributed by atoms with Crippen molar-refractivity contribution >= 4 is 55.8 Å². The smallest absolute Gasteiger partial charge is 0.231 e. The van der Waals surface area contributed by atoms with Gasteiger partial charge in [-0.25, -0.2) is 4.98 Å². The molecule has 0 aliphatic carbocycles. The fourth-order valence-electron chi connectivity index (χ4n) is 2.72. The van der Waals surface area contributed by atoms with E-state index in [-0.39, 0.29) is 12.4 Å². The van der Waals surface area contributed by atoms with Crippen LogP contribution in [0.1, 0.15) is 18.2 Å². The number of pyridine rings is 1. The number of benzene rings is 1. The van der Waals surface area contributed by atoms with Crippen molar-refractivity contribution in [2.24, 2.45) is 0 Å². The molecule has 1 saturated heterocycles. The van der Waals surface area contributed by atoms with Crippen LogP contribution in [0.25, 0.3) is 11.4 Å². The molecule has 9 heteroatoms. The van der Waals surface area contributed by atoms with Gasteiger partial charge in [0.05, 0.1) is 11.6 Å². The number of aromatic nitrogens is 3. The quantitative estimate of drug-likeness (QED) is 0.530. The Morgan fingerprint density at radius 3 is 2.81 bits per heavy atom. The molecule has 6 nitrogen and oxygen atoms in total. The van der Waals surface area contributed by atoms with E-state index in [0.29, 0.717) is 17.6 Å². The Morgan fingerprint density at radius 1 is 1.19 bits per heavy atom. The number of nitrogens with one attached hydrogen (secondary N) is 2. The van der Waals surface area contributed by atoms with Gasteiger partial charge < -0.3 is 15.2 Å². The van der Waals surface area contributed by atoms with Crippen molar-refractivity contribution in [2.75, 3.05) is 18.4 Å². The van der Waals surface area contributed by atoms with Crippen LogP contribution in [0.2, 0.25) is 0 Å². The summed E-state index contributed by atoms with van der Waals surface area (Å²) in [6.45, 7) is 1.89. The number of hydrogen-bond donors (Lipinski definition) is 2. The van der Waals surface area contributed by atoms with Gasteiger partial charge in [-0.1, -0.05) is 21.1 Å². The van der Waals surface area contributed by atoms with Crippen LogP contribution in [0, 0.1) is 0 Å². The number of hydrogen-bond acceptors (Lipinski definition) is 6. The highest BCUT2D eigenvalue weighted by atomic mass is 79.9. The van der Waals surface area contributed by atoms with Crippen LogP contribution in [0.15, 0.2) is 50.0 Å². The van der Waals surface area contributed by atoms with Gasteiger partial charge in [-0.15, -0.1) is 12.4 Å². The molecular formula is C17H16Br2ClN5O. The summed E-state index contributed by atoms with van der Waals surface area (Å²) in [5, 5.41) is 10.7. The van der Waals surface area contributed by atoms with Crippen molar-refractivity contribution in [3.63, 3.8) is 0 Å². The number of nitrogens with zero attached hydrogens (tertiary/aromatic N) is 3. The highest BCUT2D eigenvalue weighted by Gasteiger charge is 2.23. The van der Waals surface area contributed by atoms with Crippen LogP contribution in [0.4, 0.5) is 11.5 Å². The molecule has 2 aromatic heterocycles. The van der Waals surface area contributed by atoms with Gasteiger partial charge in [0.1, 0.15) is 5.82 Å². The zero-order chi connectivity index (χ0) is 17.2. The molecule has 26 heavy (non-hydrogen) atoms. The first-order valence-corrected chi connectivity index (χ1v) is 9.50. The molecule has 2 N–H and O–H groups in total. The van der Waals surface area contributed by atoms with Crippen LogP contribution in [0.5, 0.6) is 0 Å². The van der Waals surface area contributed by atoms with Gasteiger partial charge in [0.25, 0.3) is 0 Å². The predicted molar refractivity (Wildman–Crippen MR) is 110 cm³/mol. The lowest BCUT2D eigenvalue weighted by molar-refractivity contribution is 0.359. The molecule has 0 saturated carbocycles. The molecular weight excluding hydrogens is 485 g/mol. The lowest BCUT2D eigenvalue weighted by atomic mass is 10.1. The molecule has 136 valence electrons. The molecule has 0 spiro atoms. The fourth-order valence-corrected chi connectivity index (χ4v) is 3.42. The summed E-state index contributed by atoms with van der Waals surface area (Å²) in [5.41, 5.74) is 1.77. The lowest BCUT2D eigenvalue weighted by Crippen LogP contribution is -2.08. The van der Waals surface area contributed by atoms with Gasteiger partial charge in [-0.05, 0) is 59.2 Å². The van der Waals surface area contributed by atoms with Crippen LogP contribution < -0.4 is 10.6 Å². The molecule has 3 aromatic rings. The topological polar surface area (TPSA) is 75.9 Å². The van der Waals surface area contributed by atoms with Crippen molar-refractivity contribution < 1.29 is 4.52 Å². The Hall–Kier alpha value is -1.48. The largest absolute Gasteiger partial charge is 0.339 e. The summed E-state index contributed by atoms with van der Waals surface area (Å²) >= 11 is 6.99. The van der Waals surface area contributed by atoms with Crippen molar-refractivity contribution in [2.45, 2.75) is 12.3 Å². The maximum absolute atomic E-state index is 5.40. The molecule has 4 rings (SSSR count). The third-order valence-corrected chi connectivity index (χ3v) is 5.25. The number of anilines is 2. The molecule has 1 aromatic carbocycles. The van der Waals surface area contributed by atoms with Crippen molar-refractivity contribution in [3.8, 4) is 11.4 Å². The normalized spacial score (nSPS) is 16.3. The summed E-state index contributed by atoms with van der Waals surface area (Å²) in [6, 6.07) is 9.76. The molecule has 0 radical (unpaired) electrons. The highest BCUT2D eigenvalue weighted by molar-refractivity contribution is 9.11. The minimum atomic E-state index is 0. The van der Waals surface area contributed by atoms with E-state index >= 15 is 0 Å². The molecule has 1 aliphatic rings. The maximum Gasteiger partial charge on any atom is 0.231 e. The second kappa shape index (κ2) is 8.47. The zero-order valence-corrected chi connectivity index (χ0v) is 17.6. The Bertz CT molecular complexity index is 881. The second-order valence-corrected chi connectivity index (χ2v) is 7.60. The minimum Gasteiger partial charge on any atom is -0.339 e. The third-order valence-electron chi connectivity index (χ3n) is 4.06. The van der Waals surface area contributed by atoms with E-state index in [0.717, 1.165) is 45.5 Å². The van der Waals surface area contributed by atoms with E-state index in [4.69, 9.17) is 4.52 Å². The summed E-state index contributed by atoms with van der Waals surface area (Å²) in [5.74, 6) is 2.32. The highest BCUT2D eigenvalue weighted by Crippen LogP contribution is 2.29. The van der Waals surface area contributed by atoms with Crippen LogP contribution in [0.3, 0.4) is 0 Å². The Labute approximate surface area is 173 Å². The molecule has 1 aliphatic heterocycles. The first kappa shape index (κ1) is 19.3. The van der Waals surface area contributed by atoms with E-state index in [9.17, 15) is 0 Å². The van der Waals surface area contributed by atoms with Gasteiger partial charge in [-0.3, -0.25) is 0 Å². The molecule has 0 bridgehead atoms. The third kappa shape index (κ3) is 4.25. The fraction of sp³-hybridized carbons (Fsp3) is 0.235. The Morgan fingerprint density at radius 2 is 2.08 bits per heavy atom. The first-order chi connectivity index (χ1) is 12.2. The van der Waals surface area contributed by atoms with E-state index < -0.39 is 0 Å². The lowest BCUT2D eigenvalue weighted by Gasteiger charge is -2.08. The number of rotatable bonds is 4. The van der Waals surface area contributed by atoms with E-state index in [2.05, 4.69) is 57.6 Å². The van der Waals surface area contributed by atoms with Crippen LogP contribution in [-0.2, 0) is 0 Å². The van der Waals surface area contributed by atoms with Crippen molar-refractivity contribution in [3.05, 3.63) is 51.4 Å². The number of halogens is 3. The summed E-state index contributed by atoms with van der Waals surface area (Å²) in [4.78, 5) is 8.96. The molecule has 0 amide bonds. The molecule has 1 atom stereocenters. The Kier molecular flexibility index (Phi) is 6.29. The average Bonchev–Trinajstić information content (AvgIpc) is 3.30. The van der Waals surface area contributed by atoms with Gasteiger partial charge in [0.15, 0.2) is 0 Å². The maximum atomic E-state index is 5.40. The predicted octanol–water partition coefficient (Wildman–Crippen LogP) is 4.90. The van der Waals surface area contributed by atoms with Crippen molar-refractivity contribution in [1.29, 1.82) is 0 Å². The average molecular weight is 502 g/mol. The van der Waals surface area contributed by atoms with Crippen molar-refractivity contribution in [1.82, 2.24) is 20.4 Å². The van der Waals surface area contributed by atoms with E-state index in [1.165, 1.54) is 0 Å². The molecule has 3 heterocycles. The standard InChI is InChI=1S/C17H15Br2N5O.ClH/c18-12-2-3-13(19)14(7-12)22-15-4-1-10(9-21-15)16-23-17(25-24-16)11-5-6-20-8-11;/h1-4,7,9,11,20H,5-6,8H2,(H,21,22);1H. The van der Waals surface area contributed by atoms with Gasteiger partial charge >= 0.3 is 0 Å². The van der Waals surface area contributed by atoms with E-state index in [1.807, 2.05) is 30.3 Å². The van der Waals surface area contributed by atoms with Crippen LogP contribution in [-0.4, -0.2) is 28.2 Å². The monoisotopic (exact) mass is 499 g/mol. The molecule has 1 unspecified atom stereocenters. The summed E-state index contributed by atoms with van der Waals surface area (Å²) in [6.07, 6.45) is 2.78. The zero-order valence-electron chi connectivity index (χ0n) is 13.6. The van der Waals surface area contributed by atoms with Gasteiger partial charge in [0, 0.05) is 27.3 Å². The van der Waals surface area contributed by atoms with Gasteiger partial charge in [-0.2, -0.15) is 4.98 Å². The summed E-state index contributed by atoms with van der Waals surface area (Å²) in [7, 11) is 0. The minimum absolute atomic E-state index is 0. The van der Waals surface area contributed by atoms with E-state index in [1.54, 1.807) is 6.20 Å². The Balaban J connectivity index is 0.00000196. The molecule has 1 fully saturated rings. The van der Waals surface area contributed by atoms with Gasteiger partial charge in [0.2, 0.25) is 11.7 Å². The summed E-state index contributed by atoms with van der Waals surface area (Å²) < 4.78 is 7.36. The SMILES string of the molecule is Brc1ccc(Br)c(Nc2ccc(-c3noc(C4CCNC4)n3)cn2)c1.Cl. The first-order valence-electron chi connectivity index (χ1n) is 7.92. The second-order valence-electron chi connectivity index (χ2n) is 5.83. The van der Waals surface area contributed by atoms with Crippen LogP contribution >= 0.6 is 44.3 Å².